The highest BCUT2D eigenvalue weighted by atomic mass is 16.7. The molecule has 0 spiro atoms. The van der Waals surface area contributed by atoms with Crippen LogP contribution in [0.25, 0.3) is 0 Å². The summed E-state index contributed by atoms with van der Waals surface area (Å²) in [7, 11) is 0. The number of hydrogen-bond donors (Lipinski definition) is 1. The number of nitrogens with one attached hydrogen (secondary N) is 1. The van der Waals surface area contributed by atoms with Crippen molar-refractivity contribution in [3.05, 3.63) is 53.6 Å². The molecule has 0 radical (unpaired) electrons. The molecule has 1 fully saturated rings. The van der Waals surface area contributed by atoms with Crippen molar-refractivity contribution in [2.75, 3.05) is 12.1 Å². The fraction of sp³-hybridized carbons (Fsp3) is 0.435. The summed E-state index contributed by atoms with van der Waals surface area (Å²) in [5.41, 5.74) is 3.36. The van der Waals surface area contributed by atoms with Crippen molar-refractivity contribution in [2.24, 2.45) is 5.92 Å². The maximum absolute atomic E-state index is 12.3. The molecule has 1 aliphatic carbocycles. The number of rotatable bonds is 5. The molecule has 2 aromatic rings. The second kappa shape index (κ2) is 8.03. The highest BCUT2D eigenvalue weighted by Crippen LogP contribution is 2.36. The number of amides is 1. The Morgan fingerprint density at radius 1 is 1.00 bits per heavy atom. The van der Waals surface area contributed by atoms with Gasteiger partial charge in [-0.1, -0.05) is 38.0 Å². The number of fused-ring (bicyclic) bond motifs is 1. The third-order valence-corrected chi connectivity index (χ3v) is 5.76. The number of carbonyl (C=O) groups excluding carboxylic acids is 1. The van der Waals surface area contributed by atoms with Crippen LogP contribution in [0.3, 0.4) is 0 Å². The monoisotopic (exact) mass is 365 g/mol. The highest BCUT2D eigenvalue weighted by molar-refractivity contribution is 5.90. The van der Waals surface area contributed by atoms with E-state index in [2.05, 4.69) is 24.4 Å². The van der Waals surface area contributed by atoms with E-state index in [1.165, 1.54) is 31.2 Å². The van der Waals surface area contributed by atoms with E-state index in [1.807, 2.05) is 30.3 Å². The molecule has 1 aliphatic heterocycles. The number of hydrogen-bond acceptors (Lipinski definition) is 3. The van der Waals surface area contributed by atoms with E-state index >= 15 is 0 Å². The highest BCUT2D eigenvalue weighted by Gasteiger charge is 2.19. The van der Waals surface area contributed by atoms with Crippen LogP contribution < -0.4 is 14.8 Å². The van der Waals surface area contributed by atoms with E-state index in [4.69, 9.17) is 9.47 Å². The maximum Gasteiger partial charge on any atom is 0.231 e. The quantitative estimate of drug-likeness (QED) is 0.784. The summed E-state index contributed by atoms with van der Waals surface area (Å²) in [6.45, 7) is 2.62. The second-order valence-corrected chi connectivity index (χ2v) is 7.81. The van der Waals surface area contributed by atoms with Crippen LogP contribution in [0.2, 0.25) is 0 Å². The van der Waals surface area contributed by atoms with Crippen molar-refractivity contribution in [2.45, 2.75) is 51.4 Å². The number of anilines is 1. The maximum atomic E-state index is 12.3. The predicted octanol–water partition coefficient (Wildman–Crippen LogP) is 5.28. The lowest BCUT2D eigenvalue weighted by molar-refractivity contribution is -0.116. The lowest BCUT2D eigenvalue weighted by Gasteiger charge is -2.26. The summed E-state index contributed by atoms with van der Waals surface area (Å²) in [5.74, 6) is 3.12. The first-order valence-corrected chi connectivity index (χ1v) is 9.96. The van der Waals surface area contributed by atoms with Crippen molar-refractivity contribution in [3.8, 4) is 11.5 Å². The Bertz CT molecular complexity index is 792. The SMILES string of the molecule is CC1CCC(c2ccc(NC(=O)CCc3ccc4c(c3)OCO4)cc2)CC1. The lowest BCUT2D eigenvalue weighted by atomic mass is 9.79. The predicted molar refractivity (Wildman–Crippen MR) is 106 cm³/mol. The second-order valence-electron chi connectivity index (χ2n) is 7.81. The van der Waals surface area contributed by atoms with Crippen molar-refractivity contribution in [1.82, 2.24) is 0 Å². The molecule has 4 rings (SSSR count). The van der Waals surface area contributed by atoms with Crippen molar-refractivity contribution < 1.29 is 14.3 Å². The lowest BCUT2D eigenvalue weighted by Crippen LogP contribution is -2.13. The minimum atomic E-state index is 0.0342. The van der Waals surface area contributed by atoms with Crippen LogP contribution in [0.5, 0.6) is 11.5 Å². The molecule has 1 saturated carbocycles. The van der Waals surface area contributed by atoms with Gasteiger partial charge in [0.2, 0.25) is 12.7 Å². The van der Waals surface area contributed by atoms with Crippen LogP contribution >= 0.6 is 0 Å². The van der Waals surface area contributed by atoms with Gasteiger partial charge in [-0.05, 0) is 66.5 Å². The van der Waals surface area contributed by atoms with Crippen molar-refractivity contribution in [3.63, 3.8) is 0 Å². The van der Waals surface area contributed by atoms with Crippen LogP contribution in [-0.2, 0) is 11.2 Å². The number of carbonyl (C=O) groups is 1. The Morgan fingerprint density at radius 2 is 1.74 bits per heavy atom. The minimum Gasteiger partial charge on any atom is -0.454 e. The molecule has 27 heavy (non-hydrogen) atoms. The van der Waals surface area contributed by atoms with Crippen LogP contribution in [-0.4, -0.2) is 12.7 Å². The summed E-state index contributed by atoms with van der Waals surface area (Å²) in [6.07, 6.45) is 6.33. The van der Waals surface area contributed by atoms with Crippen LogP contribution in [0.4, 0.5) is 5.69 Å². The Kier molecular flexibility index (Phi) is 5.33. The first kappa shape index (κ1) is 17.9. The molecule has 0 aromatic heterocycles. The third kappa shape index (κ3) is 4.44. The Morgan fingerprint density at radius 3 is 2.52 bits per heavy atom. The zero-order chi connectivity index (χ0) is 18.6. The topological polar surface area (TPSA) is 47.6 Å². The van der Waals surface area contributed by atoms with E-state index in [1.54, 1.807) is 0 Å². The standard InChI is InChI=1S/C23H27NO3/c1-16-2-6-18(7-3-16)19-8-10-20(11-9-19)24-23(25)13-5-17-4-12-21-22(14-17)27-15-26-21/h4,8-12,14,16,18H,2-3,5-7,13,15H2,1H3,(H,24,25). The average Bonchev–Trinajstić information content (AvgIpc) is 3.15. The van der Waals surface area contributed by atoms with Gasteiger partial charge in [0.15, 0.2) is 11.5 Å². The number of benzene rings is 2. The molecule has 0 bridgehead atoms. The summed E-state index contributed by atoms with van der Waals surface area (Å²) in [4.78, 5) is 12.3. The fourth-order valence-electron chi connectivity index (χ4n) is 4.01. The van der Waals surface area contributed by atoms with E-state index in [0.29, 0.717) is 18.8 Å². The minimum absolute atomic E-state index is 0.0342. The van der Waals surface area contributed by atoms with Gasteiger partial charge in [0.25, 0.3) is 0 Å². The van der Waals surface area contributed by atoms with Crippen LogP contribution in [0.15, 0.2) is 42.5 Å². The van der Waals surface area contributed by atoms with Gasteiger partial charge < -0.3 is 14.8 Å². The molecule has 1 amide bonds. The van der Waals surface area contributed by atoms with Gasteiger partial charge >= 0.3 is 0 Å². The Labute approximate surface area is 160 Å². The van der Waals surface area contributed by atoms with Gasteiger partial charge in [-0.2, -0.15) is 0 Å². The van der Waals surface area contributed by atoms with Gasteiger partial charge in [-0.3, -0.25) is 4.79 Å². The average molecular weight is 365 g/mol. The fourth-order valence-corrected chi connectivity index (χ4v) is 4.01. The normalized spacial score (nSPS) is 21.1. The molecule has 2 aliphatic rings. The molecule has 0 saturated heterocycles. The van der Waals surface area contributed by atoms with Gasteiger partial charge in [-0.15, -0.1) is 0 Å². The third-order valence-electron chi connectivity index (χ3n) is 5.76. The van der Waals surface area contributed by atoms with Crippen molar-refractivity contribution in [1.29, 1.82) is 0 Å². The summed E-state index contributed by atoms with van der Waals surface area (Å²) in [6, 6.07) is 14.3. The van der Waals surface area contributed by atoms with Crippen LogP contribution in [0.1, 0.15) is 56.1 Å². The molecule has 0 unspecified atom stereocenters. The molecule has 2 aromatic carbocycles. The van der Waals surface area contributed by atoms with E-state index < -0.39 is 0 Å². The van der Waals surface area contributed by atoms with Gasteiger partial charge in [0.05, 0.1) is 0 Å². The van der Waals surface area contributed by atoms with E-state index in [9.17, 15) is 4.79 Å². The molecule has 4 heteroatoms. The molecular weight excluding hydrogens is 338 g/mol. The number of ether oxygens (including phenoxy) is 2. The van der Waals surface area contributed by atoms with Gasteiger partial charge in [0.1, 0.15) is 0 Å². The molecule has 142 valence electrons. The molecule has 4 nitrogen and oxygen atoms in total. The molecular formula is C23H27NO3. The van der Waals surface area contributed by atoms with E-state index in [-0.39, 0.29) is 12.7 Å². The van der Waals surface area contributed by atoms with Gasteiger partial charge in [-0.25, -0.2) is 0 Å². The Hall–Kier alpha value is -2.49. The smallest absolute Gasteiger partial charge is 0.231 e. The van der Waals surface area contributed by atoms with Crippen LogP contribution in [0, 0.1) is 5.92 Å². The summed E-state index contributed by atoms with van der Waals surface area (Å²) < 4.78 is 10.7. The van der Waals surface area contributed by atoms with Gasteiger partial charge in [0, 0.05) is 12.1 Å². The Balaban J connectivity index is 1.28. The summed E-state index contributed by atoms with van der Waals surface area (Å²) in [5, 5.41) is 3.01. The zero-order valence-corrected chi connectivity index (χ0v) is 15.9. The summed E-state index contributed by atoms with van der Waals surface area (Å²) >= 11 is 0. The van der Waals surface area contributed by atoms with Crippen molar-refractivity contribution >= 4 is 11.6 Å². The first-order valence-electron chi connectivity index (χ1n) is 9.96. The largest absolute Gasteiger partial charge is 0.454 e. The molecule has 1 N–H and O–H groups in total. The zero-order valence-electron chi connectivity index (χ0n) is 15.9. The molecule has 0 atom stereocenters. The van der Waals surface area contributed by atoms with E-state index in [0.717, 1.165) is 28.7 Å². The number of aryl methyl sites for hydroxylation is 1. The first-order chi connectivity index (χ1) is 13.2. The molecule has 1 heterocycles.